The molecule has 1 aromatic carbocycles. The Morgan fingerprint density at radius 1 is 1.42 bits per heavy atom. The van der Waals surface area contributed by atoms with Gasteiger partial charge in [0.05, 0.1) is 19.3 Å². The van der Waals surface area contributed by atoms with Crippen LogP contribution in [0.4, 0.5) is 0 Å². The molecule has 1 aliphatic rings. The zero-order valence-corrected chi connectivity index (χ0v) is 12.7. The summed E-state index contributed by atoms with van der Waals surface area (Å²) in [5, 5.41) is 9.72. The third kappa shape index (κ3) is 4.45. The molecule has 19 heavy (non-hydrogen) atoms. The highest BCUT2D eigenvalue weighted by atomic mass is 79.9. The summed E-state index contributed by atoms with van der Waals surface area (Å²) in [6.45, 7) is 6.78. The van der Waals surface area contributed by atoms with Crippen molar-refractivity contribution in [3.8, 4) is 5.75 Å². The zero-order valence-electron chi connectivity index (χ0n) is 11.1. The fourth-order valence-corrected chi connectivity index (χ4v) is 2.43. The van der Waals surface area contributed by atoms with Crippen LogP contribution in [0.2, 0.25) is 0 Å². The Bertz CT molecular complexity index is 406. The summed E-state index contributed by atoms with van der Waals surface area (Å²) >= 11 is 3.43. The Hall–Kier alpha value is -0.620. The van der Waals surface area contributed by atoms with Crippen LogP contribution in [0.1, 0.15) is 18.6 Å². The minimum Gasteiger partial charge on any atom is -0.492 e. The predicted molar refractivity (Wildman–Crippen MR) is 77.5 cm³/mol. The molecule has 0 bridgehead atoms. The largest absolute Gasteiger partial charge is 0.492 e. The van der Waals surface area contributed by atoms with E-state index in [9.17, 15) is 5.11 Å². The van der Waals surface area contributed by atoms with Crippen LogP contribution in [-0.4, -0.2) is 49.5 Å². The quantitative estimate of drug-likeness (QED) is 0.899. The standard InChI is InChI=1S/C14H20BrNO3/c1-11(17)13-3-2-12(15)10-14(13)19-9-6-16-4-7-18-8-5-16/h2-3,10-11,17H,4-9H2,1H3/t11-/m1/s1. The molecule has 1 N–H and O–H groups in total. The molecule has 0 amide bonds. The van der Waals surface area contributed by atoms with E-state index in [2.05, 4.69) is 20.8 Å². The van der Waals surface area contributed by atoms with E-state index < -0.39 is 6.10 Å². The van der Waals surface area contributed by atoms with E-state index in [-0.39, 0.29) is 0 Å². The molecular weight excluding hydrogens is 310 g/mol. The summed E-state index contributed by atoms with van der Waals surface area (Å²) in [7, 11) is 0. The summed E-state index contributed by atoms with van der Waals surface area (Å²) in [6, 6.07) is 5.71. The van der Waals surface area contributed by atoms with Crippen LogP contribution in [0.3, 0.4) is 0 Å². The molecule has 0 radical (unpaired) electrons. The Morgan fingerprint density at radius 2 is 2.16 bits per heavy atom. The highest BCUT2D eigenvalue weighted by Crippen LogP contribution is 2.28. The first-order chi connectivity index (χ1) is 9.16. The van der Waals surface area contributed by atoms with Crippen molar-refractivity contribution in [1.82, 2.24) is 4.90 Å². The van der Waals surface area contributed by atoms with Crippen LogP contribution >= 0.6 is 15.9 Å². The molecule has 4 nitrogen and oxygen atoms in total. The third-order valence-corrected chi connectivity index (χ3v) is 3.69. The number of hydrogen-bond donors (Lipinski definition) is 1. The summed E-state index contributed by atoms with van der Waals surface area (Å²) in [5.74, 6) is 0.748. The minimum absolute atomic E-state index is 0.522. The van der Waals surface area contributed by atoms with Gasteiger partial charge in [0.15, 0.2) is 0 Å². The summed E-state index contributed by atoms with van der Waals surface area (Å²) in [4.78, 5) is 2.32. The number of halogens is 1. The van der Waals surface area contributed by atoms with Gasteiger partial charge in [-0.2, -0.15) is 0 Å². The SMILES string of the molecule is C[C@@H](O)c1ccc(Br)cc1OCCN1CCOCC1. The van der Waals surface area contributed by atoms with Gasteiger partial charge in [-0.25, -0.2) is 0 Å². The maximum absolute atomic E-state index is 9.72. The van der Waals surface area contributed by atoms with Gasteiger partial charge in [-0.1, -0.05) is 22.0 Å². The highest BCUT2D eigenvalue weighted by molar-refractivity contribution is 9.10. The molecule has 0 saturated carbocycles. The van der Waals surface area contributed by atoms with Crippen molar-refractivity contribution < 1.29 is 14.6 Å². The maximum atomic E-state index is 9.72. The van der Waals surface area contributed by atoms with E-state index in [1.807, 2.05) is 18.2 Å². The van der Waals surface area contributed by atoms with Crippen LogP contribution in [0.5, 0.6) is 5.75 Å². The van der Waals surface area contributed by atoms with Crippen LogP contribution in [0.25, 0.3) is 0 Å². The average molecular weight is 330 g/mol. The Kier molecular flexibility index (Phi) is 5.63. The summed E-state index contributed by atoms with van der Waals surface area (Å²) < 4.78 is 12.1. The molecule has 1 aromatic rings. The van der Waals surface area contributed by atoms with Crippen molar-refractivity contribution in [3.63, 3.8) is 0 Å². The second-order valence-electron chi connectivity index (χ2n) is 4.66. The summed E-state index contributed by atoms with van der Waals surface area (Å²) in [5.41, 5.74) is 0.824. The van der Waals surface area contributed by atoms with Gasteiger partial charge in [-0.3, -0.25) is 4.90 Å². The number of benzene rings is 1. The van der Waals surface area contributed by atoms with Gasteiger partial charge < -0.3 is 14.6 Å². The topological polar surface area (TPSA) is 41.9 Å². The van der Waals surface area contributed by atoms with E-state index in [1.54, 1.807) is 6.92 Å². The fraction of sp³-hybridized carbons (Fsp3) is 0.571. The Balaban J connectivity index is 1.89. The van der Waals surface area contributed by atoms with Crippen molar-refractivity contribution >= 4 is 15.9 Å². The van der Waals surface area contributed by atoms with Crippen molar-refractivity contribution in [2.45, 2.75) is 13.0 Å². The third-order valence-electron chi connectivity index (χ3n) is 3.19. The van der Waals surface area contributed by atoms with Gasteiger partial charge in [0, 0.05) is 29.7 Å². The highest BCUT2D eigenvalue weighted by Gasteiger charge is 2.12. The first kappa shape index (κ1) is 14.8. The van der Waals surface area contributed by atoms with E-state index in [0.29, 0.717) is 6.61 Å². The summed E-state index contributed by atoms with van der Waals surface area (Å²) in [6.07, 6.45) is -0.522. The minimum atomic E-state index is -0.522. The van der Waals surface area contributed by atoms with Gasteiger partial charge in [0.25, 0.3) is 0 Å². The molecule has 106 valence electrons. The maximum Gasteiger partial charge on any atom is 0.126 e. The Labute approximate surface area is 122 Å². The molecule has 0 unspecified atom stereocenters. The lowest BCUT2D eigenvalue weighted by Crippen LogP contribution is -2.38. The molecule has 0 aliphatic carbocycles. The number of rotatable bonds is 5. The van der Waals surface area contributed by atoms with Crippen LogP contribution in [-0.2, 0) is 4.74 Å². The molecule has 0 aromatic heterocycles. The van der Waals surface area contributed by atoms with Gasteiger partial charge in [-0.05, 0) is 19.1 Å². The number of nitrogens with zero attached hydrogens (tertiary/aromatic N) is 1. The van der Waals surface area contributed by atoms with Gasteiger partial charge in [0.1, 0.15) is 12.4 Å². The number of hydrogen-bond acceptors (Lipinski definition) is 4. The van der Waals surface area contributed by atoms with Crippen molar-refractivity contribution in [2.24, 2.45) is 0 Å². The van der Waals surface area contributed by atoms with Gasteiger partial charge in [0.2, 0.25) is 0 Å². The van der Waals surface area contributed by atoms with E-state index in [4.69, 9.17) is 9.47 Å². The van der Waals surface area contributed by atoms with Crippen molar-refractivity contribution in [1.29, 1.82) is 0 Å². The number of morpholine rings is 1. The Morgan fingerprint density at radius 3 is 2.84 bits per heavy atom. The van der Waals surface area contributed by atoms with Crippen LogP contribution < -0.4 is 4.74 Å². The van der Waals surface area contributed by atoms with Crippen LogP contribution in [0, 0.1) is 0 Å². The lowest BCUT2D eigenvalue weighted by atomic mass is 10.1. The predicted octanol–water partition coefficient (Wildman–Crippen LogP) is 2.21. The monoisotopic (exact) mass is 329 g/mol. The average Bonchev–Trinajstić information content (AvgIpc) is 2.39. The molecule has 2 rings (SSSR count). The normalized spacial score (nSPS) is 18.3. The fourth-order valence-electron chi connectivity index (χ4n) is 2.09. The van der Waals surface area contributed by atoms with E-state index in [1.165, 1.54) is 0 Å². The molecule has 1 aliphatic heterocycles. The first-order valence-corrected chi connectivity index (χ1v) is 7.36. The van der Waals surface area contributed by atoms with Crippen LogP contribution in [0.15, 0.2) is 22.7 Å². The molecule has 1 saturated heterocycles. The number of ether oxygens (including phenoxy) is 2. The molecule has 1 atom stereocenters. The van der Waals surface area contributed by atoms with E-state index in [0.717, 1.165) is 48.6 Å². The second kappa shape index (κ2) is 7.24. The number of aliphatic hydroxyl groups is 1. The van der Waals surface area contributed by atoms with E-state index >= 15 is 0 Å². The first-order valence-electron chi connectivity index (χ1n) is 6.57. The zero-order chi connectivity index (χ0) is 13.7. The second-order valence-corrected chi connectivity index (χ2v) is 5.58. The van der Waals surface area contributed by atoms with Gasteiger partial charge in [-0.15, -0.1) is 0 Å². The van der Waals surface area contributed by atoms with Crippen molar-refractivity contribution in [3.05, 3.63) is 28.2 Å². The molecule has 1 heterocycles. The lowest BCUT2D eigenvalue weighted by Gasteiger charge is -2.26. The smallest absolute Gasteiger partial charge is 0.126 e. The molecule has 5 heteroatoms. The molecule has 1 fully saturated rings. The van der Waals surface area contributed by atoms with Crippen molar-refractivity contribution in [2.75, 3.05) is 39.5 Å². The molecular formula is C14H20BrNO3. The van der Waals surface area contributed by atoms with Gasteiger partial charge >= 0.3 is 0 Å². The molecule has 0 spiro atoms. The lowest BCUT2D eigenvalue weighted by molar-refractivity contribution is 0.0320. The number of aliphatic hydroxyl groups excluding tert-OH is 1.